The van der Waals surface area contributed by atoms with Gasteiger partial charge in [-0.15, -0.1) is 0 Å². The van der Waals surface area contributed by atoms with Gasteiger partial charge in [0.25, 0.3) is 0 Å². The highest BCUT2D eigenvalue weighted by Crippen LogP contribution is 2.65. The molecule has 15 aromatic carbocycles. The van der Waals surface area contributed by atoms with Gasteiger partial charge >= 0.3 is 0 Å². The lowest BCUT2D eigenvalue weighted by Crippen LogP contribution is -2.25. The lowest BCUT2D eigenvalue weighted by atomic mass is 9.70. The molecule has 2 aliphatic rings. The quantitative estimate of drug-likeness (QED) is 0.137. The molecule has 5 nitrogen and oxygen atoms in total. The van der Waals surface area contributed by atoms with Crippen LogP contribution < -0.4 is 9.80 Å². The third-order valence-corrected chi connectivity index (χ3v) is 20.4. The van der Waals surface area contributed by atoms with E-state index in [1.54, 1.807) is 0 Å². The molecule has 2 aliphatic carbocycles. The van der Waals surface area contributed by atoms with Gasteiger partial charge in [-0.2, -0.15) is 0 Å². The molecule has 1 atom stereocenters. The van der Waals surface area contributed by atoms with Crippen molar-refractivity contribution in [2.75, 3.05) is 9.80 Å². The topological polar surface area (TPSA) is 37.7 Å². The second-order valence-electron chi connectivity index (χ2n) is 25.4. The third-order valence-electron chi connectivity index (χ3n) is 20.4. The van der Waals surface area contributed by atoms with Crippen molar-refractivity contribution < 1.29 is 8.83 Å². The van der Waals surface area contributed by atoms with Crippen molar-refractivity contribution >= 4 is 99.8 Å². The Morgan fingerprint density at radius 1 is 0.260 bits per heavy atom. The molecule has 3 heterocycles. The molecule has 0 radical (unpaired) electrons. The fourth-order valence-corrected chi connectivity index (χ4v) is 16.3. The predicted octanol–water partition coefficient (Wildman–Crippen LogP) is 24.9. The fourth-order valence-electron chi connectivity index (χ4n) is 16.3. The van der Waals surface area contributed by atoms with Crippen molar-refractivity contribution in [1.82, 2.24) is 4.57 Å². The fraction of sp³-hybridized carbons (Fsp3) is 0.0110. The van der Waals surface area contributed by atoms with Crippen molar-refractivity contribution in [3.05, 3.63) is 368 Å². The second-order valence-corrected chi connectivity index (χ2v) is 25.4. The number of rotatable bonds is 10. The van der Waals surface area contributed by atoms with Crippen molar-refractivity contribution in [3.8, 4) is 61.3 Å². The number of hydrogen-bond donors (Lipinski definition) is 0. The van der Waals surface area contributed by atoms with Crippen molar-refractivity contribution in [2.45, 2.75) is 5.41 Å². The van der Waals surface area contributed by atoms with Gasteiger partial charge in [-0.25, -0.2) is 0 Å². The van der Waals surface area contributed by atoms with E-state index in [9.17, 15) is 0 Å². The summed E-state index contributed by atoms with van der Waals surface area (Å²) in [7, 11) is 0. The first kappa shape index (κ1) is 53.9. The Labute approximate surface area is 554 Å². The molecule has 18 aromatic rings. The Morgan fingerprint density at radius 3 is 1.31 bits per heavy atom. The molecule has 0 fully saturated rings. The summed E-state index contributed by atoms with van der Waals surface area (Å²) in [6.07, 6.45) is 0. The molecule has 20 rings (SSSR count). The Morgan fingerprint density at radius 2 is 0.719 bits per heavy atom. The van der Waals surface area contributed by atoms with Gasteiger partial charge in [0, 0.05) is 60.8 Å². The monoisotopic (exact) mass is 1220 g/mol. The summed E-state index contributed by atoms with van der Waals surface area (Å²) in [5.74, 6) is 0. The number of fused-ring (bicyclic) bond motifs is 20. The zero-order chi connectivity index (χ0) is 63.0. The first-order valence-electron chi connectivity index (χ1n) is 33.0. The van der Waals surface area contributed by atoms with E-state index in [2.05, 4.69) is 360 Å². The first-order chi connectivity index (χ1) is 47.6. The Balaban J connectivity index is 0.870. The van der Waals surface area contributed by atoms with E-state index < -0.39 is 5.41 Å². The van der Waals surface area contributed by atoms with Crippen LogP contribution in [0.25, 0.3) is 127 Å². The highest BCUT2D eigenvalue weighted by molar-refractivity contribution is 6.19. The van der Waals surface area contributed by atoms with Crippen LogP contribution in [-0.4, -0.2) is 4.57 Å². The molecule has 0 N–H and O–H groups in total. The first-order valence-corrected chi connectivity index (χ1v) is 33.0. The molecular weight excluding hydrogens is 1170 g/mol. The molecule has 0 bridgehead atoms. The van der Waals surface area contributed by atoms with Gasteiger partial charge in [-0.3, -0.25) is 0 Å². The minimum atomic E-state index is -0.661. The predicted molar refractivity (Wildman–Crippen MR) is 397 cm³/mol. The summed E-state index contributed by atoms with van der Waals surface area (Å²) in [5, 5.41) is 6.73. The van der Waals surface area contributed by atoms with E-state index in [1.807, 2.05) is 0 Å². The van der Waals surface area contributed by atoms with Crippen LogP contribution in [0, 0.1) is 0 Å². The van der Waals surface area contributed by atoms with Gasteiger partial charge < -0.3 is 23.2 Å². The van der Waals surface area contributed by atoms with Gasteiger partial charge in [0.05, 0.1) is 27.8 Å². The highest BCUT2D eigenvalue weighted by Gasteiger charge is 2.52. The SMILES string of the molecule is c1ccc(-c2ccc(N(c3cc(-c4ccc5c(c4)C4(c6ccccc6-5)c5ccccc5-c5c4ccc4c5c5ccccc5n4-c4ccccc4)cc(N(c4ccc(-c5ccccc5)cc4)c4cccc5c4oc4ccccc45)c3)c3cccc4c3oc3ccccc34)cc2)cc1. The molecule has 1 spiro atoms. The molecule has 0 amide bonds. The number of hydrogen-bond acceptors (Lipinski definition) is 4. The summed E-state index contributed by atoms with van der Waals surface area (Å²) < 4.78 is 16.6. The minimum Gasteiger partial charge on any atom is -0.454 e. The van der Waals surface area contributed by atoms with Crippen molar-refractivity contribution in [3.63, 3.8) is 0 Å². The molecule has 1 unspecified atom stereocenters. The van der Waals surface area contributed by atoms with E-state index in [0.717, 1.165) is 117 Å². The standard InChI is InChI=1S/C91H57N3O2/c1-4-22-58(23-5-1)60-42-47-65(48-43-60)92(83-38-20-33-73-71-29-13-18-40-85(71)95-89(73)83)67-54-63(55-68(57-67)93(66-49-44-61(45-50-66)59-24-6-2-7-25-59)84-39-21-34-74-72-30-14-19-41-86(72)96-90(74)84)62-46-51-70-69-28-10-15-35-77(69)91(80(70)56-62)78-36-16-11-31-75(78)87-79(91)52-53-82-88(87)76-32-12-17-37-81(76)94(82)64-26-8-3-9-27-64/h1-57H. The van der Waals surface area contributed by atoms with Crippen molar-refractivity contribution in [2.24, 2.45) is 0 Å². The van der Waals surface area contributed by atoms with Gasteiger partial charge in [0.1, 0.15) is 11.2 Å². The van der Waals surface area contributed by atoms with E-state index in [4.69, 9.17) is 8.83 Å². The maximum Gasteiger partial charge on any atom is 0.159 e. The molecular formula is C91H57N3O2. The maximum absolute atomic E-state index is 7.06. The van der Waals surface area contributed by atoms with Gasteiger partial charge in [0.2, 0.25) is 0 Å². The van der Waals surface area contributed by atoms with Crippen LogP contribution in [0.2, 0.25) is 0 Å². The normalized spacial score (nSPS) is 13.7. The molecule has 96 heavy (non-hydrogen) atoms. The van der Waals surface area contributed by atoms with Crippen LogP contribution in [0.3, 0.4) is 0 Å². The molecule has 0 saturated heterocycles. The third kappa shape index (κ3) is 7.98. The second kappa shape index (κ2) is 21.2. The summed E-state index contributed by atoms with van der Waals surface area (Å²) in [4.78, 5) is 4.80. The maximum atomic E-state index is 7.06. The Hall–Kier alpha value is -12.7. The summed E-state index contributed by atoms with van der Waals surface area (Å²) in [5.41, 5.74) is 28.6. The Bertz CT molecular complexity index is 5920. The van der Waals surface area contributed by atoms with Crippen LogP contribution in [0.5, 0.6) is 0 Å². The minimum absolute atomic E-state index is 0.661. The molecule has 0 saturated carbocycles. The summed E-state index contributed by atoms with van der Waals surface area (Å²) in [6.45, 7) is 0. The van der Waals surface area contributed by atoms with Crippen LogP contribution in [0.15, 0.2) is 355 Å². The van der Waals surface area contributed by atoms with Crippen LogP contribution >= 0.6 is 0 Å². The van der Waals surface area contributed by atoms with Gasteiger partial charge in [0.15, 0.2) is 11.2 Å². The Kier molecular flexibility index (Phi) is 11.9. The lowest BCUT2D eigenvalue weighted by Gasteiger charge is -2.31. The van der Waals surface area contributed by atoms with Crippen molar-refractivity contribution in [1.29, 1.82) is 0 Å². The largest absolute Gasteiger partial charge is 0.454 e. The average Bonchev–Trinajstić information content (AvgIpc) is 1.50. The highest BCUT2D eigenvalue weighted by atomic mass is 16.3. The molecule has 5 heteroatoms. The molecule has 448 valence electrons. The number of para-hydroxylation sites is 6. The summed E-state index contributed by atoms with van der Waals surface area (Å²) >= 11 is 0. The average molecular weight is 1220 g/mol. The van der Waals surface area contributed by atoms with Crippen LogP contribution in [-0.2, 0) is 5.41 Å². The van der Waals surface area contributed by atoms with Gasteiger partial charge in [-0.1, -0.05) is 249 Å². The molecule has 3 aromatic heterocycles. The van der Waals surface area contributed by atoms with Crippen LogP contribution in [0.4, 0.5) is 34.1 Å². The molecule has 0 aliphatic heterocycles. The summed E-state index contributed by atoms with van der Waals surface area (Å²) in [6, 6.07) is 127. The van der Waals surface area contributed by atoms with E-state index >= 15 is 0 Å². The number of furan rings is 2. The lowest BCUT2D eigenvalue weighted by molar-refractivity contribution is 0.669. The zero-order valence-corrected chi connectivity index (χ0v) is 52.1. The number of benzene rings is 15. The van der Waals surface area contributed by atoms with E-state index in [1.165, 1.54) is 66.3 Å². The number of anilines is 6. The van der Waals surface area contributed by atoms with E-state index in [-0.39, 0.29) is 0 Å². The van der Waals surface area contributed by atoms with E-state index in [0.29, 0.717) is 0 Å². The number of nitrogens with zero attached hydrogens (tertiary/aromatic N) is 3. The smallest absolute Gasteiger partial charge is 0.159 e. The van der Waals surface area contributed by atoms with Crippen LogP contribution in [0.1, 0.15) is 22.3 Å². The number of aromatic nitrogens is 1. The van der Waals surface area contributed by atoms with Gasteiger partial charge in [-0.05, 0) is 175 Å². The zero-order valence-electron chi connectivity index (χ0n) is 52.1.